The van der Waals surface area contributed by atoms with Gasteiger partial charge in [-0.3, -0.25) is 4.79 Å². The monoisotopic (exact) mass is 255 g/mol. The van der Waals surface area contributed by atoms with Gasteiger partial charge in [-0.2, -0.15) is 0 Å². The number of hydrogen-bond acceptors (Lipinski definition) is 4. The molecular weight excluding hydrogens is 242 g/mol. The number of rotatable bonds is 6. The molecule has 9 heteroatoms. The van der Waals surface area contributed by atoms with Crippen molar-refractivity contribution in [2.24, 2.45) is 5.73 Å². The van der Waals surface area contributed by atoms with E-state index in [0.717, 1.165) is 0 Å². The molecule has 18 heavy (non-hydrogen) atoms. The lowest BCUT2D eigenvalue weighted by atomic mass is 10.2. The van der Waals surface area contributed by atoms with E-state index in [4.69, 9.17) is 10.8 Å². The van der Waals surface area contributed by atoms with Crippen molar-refractivity contribution in [3.05, 3.63) is 18.2 Å². The third kappa shape index (κ3) is 4.51. The Morgan fingerprint density at radius 3 is 2.72 bits per heavy atom. The van der Waals surface area contributed by atoms with Gasteiger partial charge in [0.2, 0.25) is 5.91 Å². The van der Waals surface area contributed by atoms with Gasteiger partial charge in [-0.1, -0.05) is 0 Å². The molecule has 9 nitrogen and oxygen atoms in total. The second-order valence-corrected chi connectivity index (χ2v) is 3.47. The molecule has 1 heterocycles. The first-order valence-electron chi connectivity index (χ1n) is 5.01. The van der Waals surface area contributed by atoms with Gasteiger partial charge in [-0.05, 0) is 0 Å². The van der Waals surface area contributed by atoms with Crippen molar-refractivity contribution in [1.29, 1.82) is 0 Å². The van der Waals surface area contributed by atoms with E-state index in [1.807, 2.05) is 0 Å². The number of nitrogens with two attached hydrogens (primary N) is 1. The smallest absolute Gasteiger partial charge is 0.326 e. The summed E-state index contributed by atoms with van der Waals surface area (Å²) in [5, 5.41) is 13.3. The number of carboxylic acid groups (broad SMARTS) is 1. The zero-order valence-electron chi connectivity index (χ0n) is 9.34. The minimum atomic E-state index is -1.20. The lowest BCUT2D eigenvalue weighted by molar-refractivity contribution is -0.139. The maximum absolute atomic E-state index is 11.3. The highest BCUT2D eigenvalue weighted by Crippen LogP contribution is 1.98. The number of carboxylic acids is 1. The summed E-state index contributed by atoms with van der Waals surface area (Å²) in [5.41, 5.74) is 5.40. The summed E-state index contributed by atoms with van der Waals surface area (Å²) in [7, 11) is 0. The van der Waals surface area contributed by atoms with Gasteiger partial charge in [-0.15, -0.1) is 0 Å². The predicted molar refractivity (Wildman–Crippen MR) is 59.4 cm³/mol. The van der Waals surface area contributed by atoms with E-state index in [1.54, 1.807) is 0 Å². The van der Waals surface area contributed by atoms with Gasteiger partial charge in [0, 0.05) is 18.3 Å². The number of imidazole rings is 1. The second-order valence-electron chi connectivity index (χ2n) is 3.47. The Bertz CT molecular complexity index is 430. The summed E-state index contributed by atoms with van der Waals surface area (Å²) >= 11 is 0. The molecule has 1 aromatic heterocycles. The van der Waals surface area contributed by atoms with E-state index in [1.165, 1.54) is 12.5 Å². The molecule has 0 unspecified atom stereocenters. The Kier molecular flexibility index (Phi) is 4.67. The number of H-pyrrole nitrogens is 1. The standard InChI is InChI=1S/C9H13N5O4/c10-7(15)3-12-9(18)14-6(8(16)17)1-5-2-11-4-13-5/h2,4,6H,1,3H2,(H2,10,15)(H,11,13)(H,16,17)(H2,12,14,18)/t6-/m1/s1. The number of primary amides is 1. The fraction of sp³-hybridized carbons (Fsp3) is 0.333. The number of carbonyl (C=O) groups is 3. The Balaban J connectivity index is 2.50. The molecule has 0 radical (unpaired) electrons. The van der Waals surface area contributed by atoms with Gasteiger partial charge in [0.15, 0.2) is 0 Å². The molecule has 0 saturated carbocycles. The third-order valence-corrected chi connectivity index (χ3v) is 2.01. The van der Waals surface area contributed by atoms with E-state index < -0.39 is 23.9 Å². The van der Waals surface area contributed by atoms with Crippen molar-refractivity contribution in [2.75, 3.05) is 6.54 Å². The topological polar surface area (TPSA) is 150 Å². The summed E-state index contributed by atoms with van der Waals surface area (Å²) in [6.45, 7) is -0.359. The minimum Gasteiger partial charge on any atom is -0.480 e. The molecule has 0 aromatic carbocycles. The largest absolute Gasteiger partial charge is 0.480 e. The zero-order valence-corrected chi connectivity index (χ0v) is 9.34. The molecular formula is C9H13N5O4. The van der Waals surface area contributed by atoms with Gasteiger partial charge >= 0.3 is 12.0 Å². The highest BCUT2D eigenvalue weighted by atomic mass is 16.4. The van der Waals surface area contributed by atoms with Crippen LogP contribution < -0.4 is 16.4 Å². The van der Waals surface area contributed by atoms with Gasteiger partial charge < -0.3 is 26.5 Å². The number of aromatic nitrogens is 2. The number of amides is 3. The first-order valence-corrected chi connectivity index (χ1v) is 5.01. The van der Waals surface area contributed by atoms with Gasteiger partial charge in [0.1, 0.15) is 6.04 Å². The van der Waals surface area contributed by atoms with Crippen molar-refractivity contribution in [2.45, 2.75) is 12.5 Å². The number of aliphatic carboxylic acids is 1. The van der Waals surface area contributed by atoms with Crippen molar-refractivity contribution in [1.82, 2.24) is 20.6 Å². The van der Waals surface area contributed by atoms with Crippen LogP contribution in [0.25, 0.3) is 0 Å². The fourth-order valence-electron chi connectivity index (χ4n) is 1.19. The molecule has 6 N–H and O–H groups in total. The first kappa shape index (κ1) is 13.5. The normalized spacial score (nSPS) is 11.6. The number of nitrogens with zero attached hydrogens (tertiary/aromatic N) is 1. The number of carbonyl (C=O) groups excluding carboxylic acids is 2. The summed E-state index contributed by atoms with van der Waals surface area (Å²) in [5.74, 6) is -1.91. The Morgan fingerprint density at radius 2 is 2.22 bits per heavy atom. The maximum atomic E-state index is 11.3. The van der Waals surface area contributed by atoms with Crippen LogP contribution in [0.1, 0.15) is 5.69 Å². The van der Waals surface area contributed by atoms with Crippen LogP contribution in [0.4, 0.5) is 4.79 Å². The number of hydrogen-bond donors (Lipinski definition) is 5. The lowest BCUT2D eigenvalue weighted by Gasteiger charge is -2.13. The minimum absolute atomic E-state index is 0.0549. The highest BCUT2D eigenvalue weighted by molar-refractivity contribution is 5.86. The molecule has 0 aliphatic rings. The molecule has 0 fully saturated rings. The van der Waals surface area contributed by atoms with Crippen LogP contribution in [0.5, 0.6) is 0 Å². The first-order chi connectivity index (χ1) is 8.49. The van der Waals surface area contributed by atoms with Crippen LogP contribution in [0.15, 0.2) is 12.5 Å². The van der Waals surface area contributed by atoms with Crippen LogP contribution in [0.2, 0.25) is 0 Å². The Labute approximate surface area is 102 Å². The van der Waals surface area contributed by atoms with Crippen LogP contribution in [0, 0.1) is 0 Å². The number of urea groups is 1. The fourth-order valence-corrected chi connectivity index (χ4v) is 1.19. The SMILES string of the molecule is NC(=O)CNC(=O)N[C@H](Cc1cnc[nH]1)C(=O)O. The van der Waals surface area contributed by atoms with Crippen LogP contribution >= 0.6 is 0 Å². The molecule has 1 rings (SSSR count). The predicted octanol–water partition coefficient (Wildman–Crippen LogP) is -1.81. The zero-order chi connectivity index (χ0) is 13.5. The summed E-state index contributed by atoms with van der Waals surface area (Å²) in [4.78, 5) is 39.1. The van der Waals surface area contributed by atoms with E-state index in [9.17, 15) is 14.4 Å². The molecule has 0 spiro atoms. The number of nitrogens with one attached hydrogen (secondary N) is 3. The molecule has 3 amide bonds. The van der Waals surface area contributed by atoms with Crippen LogP contribution in [-0.2, 0) is 16.0 Å². The lowest BCUT2D eigenvalue weighted by Crippen LogP contribution is -2.48. The van der Waals surface area contributed by atoms with E-state index >= 15 is 0 Å². The molecule has 98 valence electrons. The van der Waals surface area contributed by atoms with Crippen molar-refractivity contribution < 1.29 is 19.5 Å². The number of aromatic amines is 1. The van der Waals surface area contributed by atoms with Crippen molar-refractivity contribution in [3.8, 4) is 0 Å². The quantitative estimate of drug-likeness (QED) is 0.406. The molecule has 1 aromatic rings. The van der Waals surface area contributed by atoms with E-state index in [0.29, 0.717) is 5.69 Å². The maximum Gasteiger partial charge on any atom is 0.326 e. The van der Waals surface area contributed by atoms with Crippen molar-refractivity contribution >= 4 is 17.9 Å². The summed E-state index contributed by atoms with van der Waals surface area (Å²) in [6.07, 6.45) is 2.92. The van der Waals surface area contributed by atoms with Gasteiger partial charge in [0.25, 0.3) is 0 Å². The molecule has 1 atom stereocenters. The van der Waals surface area contributed by atoms with Gasteiger partial charge in [-0.25, -0.2) is 14.6 Å². The summed E-state index contributed by atoms with van der Waals surface area (Å²) in [6, 6.07) is -1.90. The van der Waals surface area contributed by atoms with Gasteiger partial charge in [0.05, 0.1) is 12.9 Å². The average molecular weight is 255 g/mol. The van der Waals surface area contributed by atoms with Crippen LogP contribution in [0.3, 0.4) is 0 Å². The second kappa shape index (κ2) is 6.23. The summed E-state index contributed by atoms with van der Waals surface area (Å²) < 4.78 is 0. The van der Waals surface area contributed by atoms with E-state index in [-0.39, 0.29) is 13.0 Å². The average Bonchev–Trinajstić information content (AvgIpc) is 2.78. The Hall–Kier alpha value is -2.58. The van der Waals surface area contributed by atoms with E-state index in [2.05, 4.69) is 20.6 Å². The Morgan fingerprint density at radius 1 is 1.50 bits per heavy atom. The molecule has 0 saturated heterocycles. The van der Waals surface area contributed by atoms with Crippen LogP contribution in [-0.4, -0.2) is 45.6 Å². The van der Waals surface area contributed by atoms with Crippen molar-refractivity contribution in [3.63, 3.8) is 0 Å². The third-order valence-electron chi connectivity index (χ3n) is 2.01. The molecule has 0 aliphatic heterocycles. The molecule has 0 aliphatic carbocycles. The molecule has 0 bridgehead atoms. The highest BCUT2D eigenvalue weighted by Gasteiger charge is 2.20.